The maximum atomic E-state index is 13.0. The fourth-order valence-corrected chi connectivity index (χ4v) is 2.25. The molecule has 1 atom stereocenters. The fourth-order valence-electron chi connectivity index (χ4n) is 1.86. The fraction of sp³-hybridized carbons (Fsp3) is 0.900. The zero-order valence-electron chi connectivity index (χ0n) is 10.5. The van der Waals surface area contributed by atoms with Crippen molar-refractivity contribution in [2.75, 3.05) is 6.61 Å². The van der Waals surface area contributed by atoms with Gasteiger partial charge in [-0.05, 0) is 12.8 Å². The van der Waals surface area contributed by atoms with E-state index in [-0.39, 0.29) is 6.04 Å². The van der Waals surface area contributed by atoms with Crippen molar-refractivity contribution < 1.29 is 35.7 Å². The van der Waals surface area contributed by atoms with Crippen molar-refractivity contribution in [1.29, 1.82) is 0 Å². The first-order chi connectivity index (χ1) is 9.14. The molecule has 0 bridgehead atoms. The summed E-state index contributed by atoms with van der Waals surface area (Å²) in [5.74, 6) is 0. The van der Waals surface area contributed by atoms with Gasteiger partial charge < -0.3 is 10.1 Å². The minimum absolute atomic E-state index is 0.156. The highest BCUT2D eigenvalue weighted by atomic mass is 32.2. The number of hydrogen-bond acceptors (Lipinski definition) is 4. The maximum Gasteiger partial charge on any atom is 0.407 e. The average Bonchev–Trinajstić information content (AvgIpc) is 2.35. The first-order valence-electron chi connectivity index (χ1n) is 6.07. The number of amides is 1. The van der Waals surface area contributed by atoms with Crippen molar-refractivity contribution in [2.45, 2.75) is 49.6 Å². The van der Waals surface area contributed by atoms with E-state index in [0.717, 1.165) is 32.1 Å². The Morgan fingerprint density at radius 3 is 2.40 bits per heavy atom. The highest BCUT2D eigenvalue weighted by Crippen LogP contribution is 2.27. The molecule has 1 saturated carbocycles. The topological polar surface area (TPSA) is 92.7 Å². The number of nitrogens with one attached hydrogen (secondary N) is 1. The monoisotopic (exact) mass is 319 g/mol. The van der Waals surface area contributed by atoms with E-state index >= 15 is 0 Å². The normalized spacial score (nSPS) is 19.4. The Labute approximate surface area is 114 Å². The van der Waals surface area contributed by atoms with Gasteiger partial charge in [-0.15, -0.1) is 0 Å². The minimum atomic E-state index is -5.90. The lowest BCUT2D eigenvalue weighted by Gasteiger charge is -2.23. The molecule has 1 fully saturated rings. The summed E-state index contributed by atoms with van der Waals surface area (Å²) < 4.78 is 71.5. The molecule has 0 aromatic rings. The van der Waals surface area contributed by atoms with E-state index in [1.54, 1.807) is 0 Å². The number of carbonyl (C=O) groups is 1. The van der Waals surface area contributed by atoms with Crippen LogP contribution in [0, 0.1) is 0 Å². The number of hydrogen-bond donors (Lipinski definition) is 2. The molecule has 1 aliphatic rings. The number of alkyl carbamates (subject to hydrolysis) is 1. The van der Waals surface area contributed by atoms with Crippen molar-refractivity contribution in [3.63, 3.8) is 0 Å². The average molecular weight is 319 g/mol. The van der Waals surface area contributed by atoms with Gasteiger partial charge in [-0.25, -0.2) is 9.18 Å². The second-order valence-electron chi connectivity index (χ2n) is 4.58. The van der Waals surface area contributed by atoms with Gasteiger partial charge in [0, 0.05) is 6.04 Å². The van der Waals surface area contributed by atoms with E-state index < -0.39 is 34.2 Å². The third-order valence-corrected chi connectivity index (χ3v) is 3.94. The molecule has 2 N–H and O–H groups in total. The van der Waals surface area contributed by atoms with Crippen molar-refractivity contribution in [1.82, 2.24) is 5.32 Å². The number of rotatable bonds is 5. The molecule has 1 rings (SSSR count). The van der Waals surface area contributed by atoms with E-state index in [0.29, 0.717) is 0 Å². The molecule has 0 saturated heterocycles. The Balaban J connectivity index is 2.40. The molecule has 0 radical (unpaired) electrons. The molecule has 1 amide bonds. The molecule has 1 unspecified atom stereocenters. The molecular formula is C10H16F3NO5S. The standard InChI is InChI=1S/C10H16F3NO5S/c11-8(10(12,13)20(16,17)18)6-19-9(15)14-7-4-2-1-3-5-7/h7-8H,1-6H2,(H,14,15)(H,16,17,18). The molecule has 0 aromatic carbocycles. The third kappa shape index (κ3) is 4.51. The van der Waals surface area contributed by atoms with Gasteiger partial charge in [0.2, 0.25) is 6.17 Å². The van der Waals surface area contributed by atoms with Crippen LogP contribution in [0.15, 0.2) is 0 Å². The molecule has 0 heterocycles. The van der Waals surface area contributed by atoms with Crippen molar-refractivity contribution in [2.24, 2.45) is 0 Å². The second-order valence-corrected chi connectivity index (χ2v) is 6.08. The molecule has 0 aliphatic heterocycles. The van der Waals surface area contributed by atoms with Gasteiger partial charge in [-0.3, -0.25) is 4.55 Å². The molecule has 118 valence electrons. The van der Waals surface area contributed by atoms with Crippen LogP contribution in [0.25, 0.3) is 0 Å². The first-order valence-corrected chi connectivity index (χ1v) is 7.51. The maximum absolute atomic E-state index is 13.0. The molecule has 0 spiro atoms. The van der Waals surface area contributed by atoms with Crippen LogP contribution in [0.2, 0.25) is 0 Å². The van der Waals surface area contributed by atoms with Crippen LogP contribution >= 0.6 is 0 Å². The predicted octanol–water partition coefficient (Wildman–Crippen LogP) is 1.86. The summed E-state index contributed by atoms with van der Waals surface area (Å²) in [4.78, 5) is 11.2. The van der Waals surface area contributed by atoms with E-state index in [2.05, 4.69) is 10.1 Å². The van der Waals surface area contributed by atoms with Gasteiger partial charge in [-0.2, -0.15) is 17.2 Å². The van der Waals surface area contributed by atoms with Crippen LogP contribution in [-0.2, 0) is 14.9 Å². The lowest BCUT2D eigenvalue weighted by molar-refractivity contribution is -0.0306. The van der Waals surface area contributed by atoms with Crippen LogP contribution in [0.4, 0.5) is 18.0 Å². The van der Waals surface area contributed by atoms with Gasteiger partial charge >= 0.3 is 21.5 Å². The zero-order valence-corrected chi connectivity index (χ0v) is 11.3. The van der Waals surface area contributed by atoms with E-state index in [1.807, 2.05) is 0 Å². The van der Waals surface area contributed by atoms with Crippen LogP contribution in [0.1, 0.15) is 32.1 Å². The summed E-state index contributed by atoms with van der Waals surface area (Å²) in [5, 5.41) is -2.64. The Kier molecular flexibility index (Phi) is 5.63. The third-order valence-electron chi connectivity index (χ3n) is 3.00. The lowest BCUT2D eigenvalue weighted by atomic mass is 9.96. The van der Waals surface area contributed by atoms with E-state index in [9.17, 15) is 26.4 Å². The highest BCUT2D eigenvalue weighted by Gasteiger charge is 2.53. The Morgan fingerprint density at radius 2 is 1.90 bits per heavy atom. The SMILES string of the molecule is O=C(NC1CCCCC1)OCC(F)C(F)(F)S(=O)(=O)O. The smallest absolute Gasteiger partial charge is 0.407 e. The van der Waals surface area contributed by atoms with E-state index in [4.69, 9.17) is 4.55 Å². The first kappa shape index (κ1) is 17.0. The van der Waals surface area contributed by atoms with E-state index in [1.165, 1.54) is 0 Å². The Morgan fingerprint density at radius 1 is 1.35 bits per heavy atom. The summed E-state index contributed by atoms with van der Waals surface area (Å²) in [5.41, 5.74) is 0. The van der Waals surface area contributed by atoms with Gasteiger partial charge in [0.25, 0.3) is 0 Å². The lowest BCUT2D eigenvalue weighted by Crippen LogP contribution is -2.43. The van der Waals surface area contributed by atoms with Gasteiger partial charge in [-0.1, -0.05) is 19.3 Å². The van der Waals surface area contributed by atoms with Gasteiger partial charge in [0.1, 0.15) is 6.61 Å². The quantitative estimate of drug-likeness (QED) is 0.755. The van der Waals surface area contributed by atoms with Crippen molar-refractivity contribution in [3.8, 4) is 0 Å². The molecule has 6 nitrogen and oxygen atoms in total. The van der Waals surface area contributed by atoms with Crippen molar-refractivity contribution >= 4 is 16.2 Å². The summed E-state index contributed by atoms with van der Waals surface area (Å²) in [6.45, 7) is -1.47. The summed E-state index contributed by atoms with van der Waals surface area (Å²) in [7, 11) is -5.90. The van der Waals surface area contributed by atoms with Crippen LogP contribution < -0.4 is 5.32 Å². The molecular weight excluding hydrogens is 303 g/mol. The number of alkyl halides is 3. The number of halogens is 3. The summed E-state index contributed by atoms with van der Waals surface area (Å²) >= 11 is 0. The second kappa shape index (κ2) is 6.61. The Hall–Kier alpha value is -1.03. The number of carbonyl (C=O) groups excluding carboxylic acids is 1. The van der Waals surface area contributed by atoms with Gasteiger partial charge in [0.15, 0.2) is 0 Å². The molecule has 1 aliphatic carbocycles. The predicted molar refractivity (Wildman–Crippen MR) is 62.7 cm³/mol. The summed E-state index contributed by atoms with van der Waals surface area (Å²) in [6.07, 6.45) is -0.125. The Bertz CT molecular complexity index is 436. The summed E-state index contributed by atoms with van der Waals surface area (Å²) in [6, 6.07) is -0.156. The number of ether oxygens (including phenoxy) is 1. The highest BCUT2D eigenvalue weighted by molar-refractivity contribution is 7.86. The largest absolute Gasteiger partial charge is 0.446 e. The zero-order chi connectivity index (χ0) is 15.4. The van der Waals surface area contributed by atoms with Crippen LogP contribution in [0.3, 0.4) is 0 Å². The molecule has 0 aromatic heterocycles. The van der Waals surface area contributed by atoms with Crippen LogP contribution in [-0.4, -0.2) is 43.1 Å². The van der Waals surface area contributed by atoms with Crippen LogP contribution in [0.5, 0.6) is 0 Å². The molecule has 20 heavy (non-hydrogen) atoms. The van der Waals surface area contributed by atoms with Crippen molar-refractivity contribution in [3.05, 3.63) is 0 Å². The molecule has 10 heteroatoms. The minimum Gasteiger partial charge on any atom is -0.446 e. The van der Waals surface area contributed by atoms with Gasteiger partial charge in [0.05, 0.1) is 0 Å².